The highest BCUT2D eigenvalue weighted by Gasteiger charge is 2.34. The van der Waals surface area contributed by atoms with Gasteiger partial charge in [0.2, 0.25) is 21.8 Å². The molecule has 2 amide bonds. The average Bonchev–Trinajstić information content (AvgIpc) is 2.95. The molecule has 0 aromatic heterocycles. The number of ether oxygens (including phenoxy) is 1. The predicted molar refractivity (Wildman–Crippen MR) is 169 cm³/mol. The molecule has 226 valence electrons. The van der Waals surface area contributed by atoms with E-state index in [0.717, 1.165) is 16.1 Å². The summed E-state index contributed by atoms with van der Waals surface area (Å²) < 4.78 is 32.8. The second-order valence-electron chi connectivity index (χ2n) is 9.92. The molecular formula is C31H37Cl2N3O5S. The van der Waals surface area contributed by atoms with Crippen molar-refractivity contribution in [1.29, 1.82) is 0 Å². The minimum atomic E-state index is -3.95. The van der Waals surface area contributed by atoms with Crippen molar-refractivity contribution in [2.45, 2.75) is 52.2 Å². The van der Waals surface area contributed by atoms with Gasteiger partial charge < -0.3 is 15.0 Å². The Bertz CT molecular complexity index is 1450. The van der Waals surface area contributed by atoms with Crippen LogP contribution in [-0.4, -0.2) is 56.6 Å². The van der Waals surface area contributed by atoms with Crippen LogP contribution in [0.4, 0.5) is 5.69 Å². The Kier molecular flexibility index (Phi) is 12.1. The maximum atomic E-state index is 14.3. The lowest BCUT2D eigenvalue weighted by atomic mass is 10.0. The first-order valence-electron chi connectivity index (χ1n) is 13.7. The maximum absolute atomic E-state index is 14.3. The van der Waals surface area contributed by atoms with Gasteiger partial charge in [0.25, 0.3) is 0 Å². The number of carbonyl (C=O) groups excluding carboxylic acids is 2. The van der Waals surface area contributed by atoms with Gasteiger partial charge in [0.05, 0.1) is 18.6 Å². The second kappa shape index (κ2) is 15.3. The molecule has 42 heavy (non-hydrogen) atoms. The van der Waals surface area contributed by atoms with Gasteiger partial charge in [-0.1, -0.05) is 78.7 Å². The zero-order valence-corrected chi connectivity index (χ0v) is 26.5. The Morgan fingerprint density at radius 3 is 2.14 bits per heavy atom. The summed E-state index contributed by atoms with van der Waals surface area (Å²) in [4.78, 5) is 29.4. The average molecular weight is 635 g/mol. The van der Waals surface area contributed by atoms with Crippen molar-refractivity contribution in [3.05, 3.63) is 94.0 Å². The molecule has 3 aromatic rings. The minimum absolute atomic E-state index is 0.118. The summed E-state index contributed by atoms with van der Waals surface area (Å²) in [6.45, 7) is 5.22. The number of nitrogens with zero attached hydrogens (tertiary/aromatic N) is 2. The van der Waals surface area contributed by atoms with Crippen molar-refractivity contribution in [2.75, 3.05) is 23.7 Å². The topological polar surface area (TPSA) is 96.0 Å². The molecule has 0 unspecified atom stereocenters. The van der Waals surface area contributed by atoms with E-state index in [2.05, 4.69) is 5.32 Å². The van der Waals surface area contributed by atoms with Gasteiger partial charge in [-0.15, -0.1) is 0 Å². The van der Waals surface area contributed by atoms with Gasteiger partial charge in [-0.3, -0.25) is 13.9 Å². The fourth-order valence-corrected chi connectivity index (χ4v) is 5.75. The highest BCUT2D eigenvalue weighted by atomic mass is 35.5. The molecule has 0 aliphatic rings. The molecule has 0 heterocycles. The number of hydrogen-bond donors (Lipinski definition) is 1. The Hall–Kier alpha value is -3.27. The van der Waals surface area contributed by atoms with E-state index in [1.807, 2.05) is 44.2 Å². The maximum Gasteiger partial charge on any atom is 0.244 e. The smallest absolute Gasteiger partial charge is 0.244 e. The van der Waals surface area contributed by atoms with Crippen molar-refractivity contribution in [2.24, 2.45) is 0 Å². The summed E-state index contributed by atoms with van der Waals surface area (Å²) in [7, 11) is -3.95. The first-order valence-corrected chi connectivity index (χ1v) is 16.3. The van der Waals surface area contributed by atoms with Gasteiger partial charge in [0.15, 0.2) is 0 Å². The number of nitrogens with one attached hydrogen (secondary N) is 1. The number of carbonyl (C=O) groups is 2. The van der Waals surface area contributed by atoms with Crippen LogP contribution in [0.2, 0.25) is 10.0 Å². The van der Waals surface area contributed by atoms with E-state index in [9.17, 15) is 18.0 Å². The zero-order valence-electron chi connectivity index (χ0n) is 24.2. The molecular weight excluding hydrogens is 597 g/mol. The Balaban J connectivity index is 2.13. The molecule has 11 heteroatoms. The number of hydrogen-bond acceptors (Lipinski definition) is 5. The van der Waals surface area contributed by atoms with E-state index in [4.69, 9.17) is 27.9 Å². The van der Waals surface area contributed by atoms with Crippen LogP contribution in [0.1, 0.15) is 38.3 Å². The van der Waals surface area contributed by atoms with Crippen molar-refractivity contribution in [3.63, 3.8) is 0 Å². The van der Waals surface area contributed by atoms with Crippen LogP contribution in [-0.2, 0) is 32.6 Å². The zero-order chi connectivity index (χ0) is 30.9. The summed E-state index contributed by atoms with van der Waals surface area (Å²) in [5.41, 5.74) is 1.49. The third-order valence-electron chi connectivity index (χ3n) is 6.78. The van der Waals surface area contributed by atoms with Crippen LogP contribution < -0.4 is 14.4 Å². The number of anilines is 1. The van der Waals surface area contributed by atoms with Crippen LogP contribution in [0, 0.1) is 0 Å². The highest BCUT2D eigenvalue weighted by Crippen LogP contribution is 2.31. The number of halogens is 2. The number of sulfonamides is 1. The molecule has 0 saturated carbocycles. The molecule has 3 aromatic carbocycles. The standard InChI is InChI=1S/C31H37Cl2N3O5S/c1-5-22(3)34-31(38)28(19-23-13-8-7-9-14-23)35(20-24-25(32)15-12-16-26(24)33)30(37)21-36(42(4,39)40)27-17-10-11-18-29(27)41-6-2/h7-18,22,28H,5-6,19-21H2,1-4H3,(H,34,38)/t22-,28-/m0/s1. The monoisotopic (exact) mass is 633 g/mol. The highest BCUT2D eigenvalue weighted by molar-refractivity contribution is 7.92. The largest absolute Gasteiger partial charge is 0.492 e. The first-order chi connectivity index (χ1) is 20.0. The number of amides is 2. The van der Waals surface area contributed by atoms with E-state index in [0.29, 0.717) is 34.4 Å². The molecule has 8 nitrogen and oxygen atoms in total. The molecule has 0 bridgehead atoms. The summed E-state index contributed by atoms with van der Waals surface area (Å²) >= 11 is 13.0. The van der Waals surface area contributed by atoms with Gasteiger partial charge in [-0.05, 0) is 50.1 Å². The third-order valence-corrected chi connectivity index (χ3v) is 8.61. The Morgan fingerprint density at radius 1 is 0.929 bits per heavy atom. The third kappa shape index (κ3) is 8.86. The van der Waals surface area contributed by atoms with E-state index < -0.39 is 28.5 Å². The molecule has 0 fully saturated rings. The molecule has 2 atom stereocenters. The van der Waals surface area contributed by atoms with Crippen LogP contribution in [0.25, 0.3) is 0 Å². The molecule has 0 aliphatic carbocycles. The van der Waals surface area contributed by atoms with E-state index >= 15 is 0 Å². The number of para-hydroxylation sites is 2. The van der Waals surface area contributed by atoms with Gasteiger partial charge >= 0.3 is 0 Å². The van der Waals surface area contributed by atoms with Crippen LogP contribution >= 0.6 is 23.2 Å². The molecule has 0 radical (unpaired) electrons. The van der Waals surface area contributed by atoms with Crippen molar-refractivity contribution >= 4 is 50.7 Å². The van der Waals surface area contributed by atoms with E-state index in [1.54, 1.807) is 49.4 Å². The lowest BCUT2D eigenvalue weighted by Gasteiger charge is -2.34. The molecule has 0 spiro atoms. The molecule has 0 aliphatic heterocycles. The summed E-state index contributed by atoms with van der Waals surface area (Å²) in [6, 6.07) is 19.8. The van der Waals surface area contributed by atoms with Crippen molar-refractivity contribution < 1.29 is 22.7 Å². The second-order valence-corrected chi connectivity index (χ2v) is 12.6. The van der Waals surface area contributed by atoms with Gasteiger partial charge in [0, 0.05) is 34.6 Å². The normalized spacial score (nSPS) is 12.7. The summed E-state index contributed by atoms with van der Waals surface area (Å²) in [5.74, 6) is -0.664. The van der Waals surface area contributed by atoms with Gasteiger partial charge in [-0.2, -0.15) is 0 Å². The number of benzene rings is 3. The Morgan fingerprint density at radius 2 is 1.55 bits per heavy atom. The van der Waals surface area contributed by atoms with Crippen LogP contribution in [0.3, 0.4) is 0 Å². The van der Waals surface area contributed by atoms with Gasteiger partial charge in [0.1, 0.15) is 18.3 Å². The lowest BCUT2D eigenvalue weighted by molar-refractivity contribution is -0.140. The molecule has 0 saturated heterocycles. The fraction of sp³-hybridized carbons (Fsp3) is 0.355. The summed E-state index contributed by atoms with van der Waals surface area (Å²) in [6.07, 6.45) is 1.89. The summed E-state index contributed by atoms with van der Waals surface area (Å²) in [5, 5.41) is 3.63. The predicted octanol–water partition coefficient (Wildman–Crippen LogP) is 5.71. The molecule has 3 rings (SSSR count). The lowest BCUT2D eigenvalue weighted by Crippen LogP contribution is -2.54. The minimum Gasteiger partial charge on any atom is -0.492 e. The first kappa shape index (κ1) is 33.2. The number of rotatable bonds is 14. The van der Waals surface area contributed by atoms with Crippen molar-refractivity contribution in [1.82, 2.24) is 10.2 Å². The Labute approximate surface area is 258 Å². The van der Waals surface area contributed by atoms with Crippen LogP contribution in [0.5, 0.6) is 5.75 Å². The van der Waals surface area contributed by atoms with Gasteiger partial charge in [-0.25, -0.2) is 8.42 Å². The van der Waals surface area contributed by atoms with E-state index in [1.165, 1.54) is 4.90 Å². The SMILES string of the molecule is CCOc1ccccc1N(CC(=O)N(Cc1c(Cl)cccc1Cl)[C@@H](Cc1ccccc1)C(=O)N[C@@H](C)CC)S(C)(=O)=O. The molecule has 1 N–H and O–H groups in total. The van der Waals surface area contributed by atoms with E-state index in [-0.39, 0.29) is 30.6 Å². The van der Waals surface area contributed by atoms with Crippen LogP contribution in [0.15, 0.2) is 72.8 Å². The quantitative estimate of drug-likeness (QED) is 0.245. The van der Waals surface area contributed by atoms with Crippen molar-refractivity contribution in [3.8, 4) is 5.75 Å². The fourth-order valence-electron chi connectivity index (χ4n) is 4.38.